The third kappa shape index (κ3) is 3.57. The number of carbonyl (C=O) groups is 1. The van der Waals surface area contributed by atoms with Crippen LogP contribution < -0.4 is 5.32 Å². The average molecular weight is 324 g/mol. The van der Waals surface area contributed by atoms with E-state index in [-0.39, 0.29) is 22.9 Å². The van der Waals surface area contributed by atoms with Gasteiger partial charge in [0.05, 0.1) is 12.0 Å². The molecule has 0 heterocycles. The molecule has 1 rings (SSSR count). The van der Waals surface area contributed by atoms with Crippen molar-refractivity contribution in [3.8, 4) is 0 Å². The molecule has 0 saturated carbocycles. The molecule has 0 aliphatic rings. The number of benzene rings is 1. The number of anilines is 1. The van der Waals surface area contributed by atoms with Crippen LogP contribution >= 0.6 is 27.5 Å². The van der Waals surface area contributed by atoms with E-state index < -0.39 is 10.9 Å². The fourth-order valence-electron chi connectivity index (χ4n) is 1.11. The van der Waals surface area contributed by atoms with E-state index in [2.05, 4.69) is 26.0 Å². The minimum absolute atomic E-state index is 0.169. The van der Waals surface area contributed by atoms with Crippen LogP contribution in [0.15, 0.2) is 16.6 Å². The van der Waals surface area contributed by atoms with Crippen LogP contribution in [0.4, 0.5) is 11.4 Å². The fourth-order valence-corrected chi connectivity index (χ4v) is 2.05. The van der Waals surface area contributed by atoms with E-state index in [1.54, 1.807) is 0 Å². The van der Waals surface area contributed by atoms with E-state index in [1.807, 2.05) is 0 Å². The number of rotatable bonds is 4. The largest absolute Gasteiger partial charge is 0.468 e. The van der Waals surface area contributed by atoms with Gasteiger partial charge in [0.25, 0.3) is 5.69 Å². The Labute approximate surface area is 110 Å². The fraction of sp³-hybridized carbons (Fsp3) is 0.222. The molecule has 1 aromatic rings. The molecular formula is C9H8BrClN2O4. The van der Waals surface area contributed by atoms with Gasteiger partial charge in [0.15, 0.2) is 0 Å². The smallest absolute Gasteiger partial charge is 0.325 e. The van der Waals surface area contributed by atoms with Gasteiger partial charge in [-0.2, -0.15) is 0 Å². The lowest BCUT2D eigenvalue weighted by molar-refractivity contribution is -0.384. The molecule has 0 radical (unpaired) electrons. The van der Waals surface area contributed by atoms with E-state index >= 15 is 0 Å². The lowest BCUT2D eigenvalue weighted by Crippen LogP contribution is -2.16. The Kier molecular flexibility index (Phi) is 4.71. The summed E-state index contributed by atoms with van der Waals surface area (Å²) in [5.41, 5.74) is -0.0296. The number of esters is 1. The number of hydrogen-bond acceptors (Lipinski definition) is 5. The first kappa shape index (κ1) is 13.7. The second kappa shape index (κ2) is 5.83. The molecule has 1 N–H and O–H groups in total. The van der Waals surface area contributed by atoms with Crippen molar-refractivity contribution in [3.05, 3.63) is 31.7 Å². The van der Waals surface area contributed by atoms with Crippen LogP contribution in [0.1, 0.15) is 0 Å². The molecule has 0 saturated heterocycles. The summed E-state index contributed by atoms with van der Waals surface area (Å²) in [5, 5.41) is 13.7. The van der Waals surface area contributed by atoms with Gasteiger partial charge in [-0.05, 0) is 22.0 Å². The Morgan fingerprint density at radius 2 is 2.29 bits per heavy atom. The van der Waals surface area contributed by atoms with Crippen molar-refractivity contribution in [1.82, 2.24) is 0 Å². The predicted octanol–water partition coefficient (Wildman–Crippen LogP) is 2.60. The van der Waals surface area contributed by atoms with Crippen LogP contribution in [0.3, 0.4) is 0 Å². The van der Waals surface area contributed by atoms with E-state index in [4.69, 9.17) is 11.6 Å². The van der Waals surface area contributed by atoms with Crippen molar-refractivity contribution in [2.45, 2.75) is 0 Å². The molecule has 1 aromatic carbocycles. The molecule has 0 aliphatic carbocycles. The molecule has 92 valence electrons. The molecule has 0 spiro atoms. The molecule has 0 aliphatic heterocycles. The third-order valence-electron chi connectivity index (χ3n) is 1.87. The Morgan fingerprint density at radius 3 is 2.82 bits per heavy atom. The molecule has 0 fully saturated rings. The monoisotopic (exact) mass is 322 g/mol. The Hall–Kier alpha value is -1.34. The van der Waals surface area contributed by atoms with Gasteiger partial charge in [-0.3, -0.25) is 14.9 Å². The molecular weight excluding hydrogens is 315 g/mol. The number of halogens is 2. The van der Waals surface area contributed by atoms with Gasteiger partial charge < -0.3 is 10.1 Å². The first-order chi connectivity index (χ1) is 7.95. The summed E-state index contributed by atoms with van der Waals surface area (Å²) in [5.74, 6) is -0.527. The van der Waals surface area contributed by atoms with Gasteiger partial charge in [-0.25, -0.2) is 0 Å². The number of ether oxygens (including phenoxy) is 1. The summed E-state index contributed by atoms with van der Waals surface area (Å²) in [7, 11) is 1.23. The highest BCUT2D eigenvalue weighted by atomic mass is 79.9. The SMILES string of the molecule is COC(=O)CNc1c(Br)cc(Cl)cc1[N+](=O)[O-]. The van der Waals surface area contributed by atoms with Crippen LogP contribution in [0.2, 0.25) is 5.02 Å². The van der Waals surface area contributed by atoms with Gasteiger partial charge in [0.2, 0.25) is 0 Å². The number of nitro groups is 1. The Balaban J connectivity index is 3.04. The zero-order valence-electron chi connectivity index (χ0n) is 8.70. The summed E-state index contributed by atoms with van der Waals surface area (Å²) in [4.78, 5) is 21.2. The van der Waals surface area contributed by atoms with Gasteiger partial charge >= 0.3 is 5.97 Å². The van der Waals surface area contributed by atoms with Crippen molar-refractivity contribution in [3.63, 3.8) is 0 Å². The second-order valence-electron chi connectivity index (χ2n) is 2.97. The number of carbonyl (C=O) groups excluding carboxylic acids is 1. The number of nitrogens with one attached hydrogen (secondary N) is 1. The number of hydrogen-bond donors (Lipinski definition) is 1. The maximum atomic E-state index is 10.9. The van der Waals surface area contributed by atoms with Crippen molar-refractivity contribution >= 4 is 44.9 Å². The van der Waals surface area contributed by atoms with E-state index in [1.165, 1.54) is 19.2 Å². The van der Waals surface area contributed by atoms with E-state index in [0.29, 0.717) is 4.47 Å². The molecule has 0 aromatic heterocycles. The molecule has 17 heavy (non-hydrogen) atoms. The number of nitro benzene ring substituents is 1. The number of methoxy groups -OCH3 is 1. The topological polar surface area (TPSA) is 81.5 Å². The highest BCUT2D eigenvalue weighted by Crippen LogP contribution is 2.35. The van der Waals surface area contributed by atoms with Crippen LogP contribution in [-0.2, 0) is 9.53 Å². The van der Waals surface area contributed by atoms with Crippen LogP contribution in [0, 0.1) is 10.1 Å². The van der Waals surface area contributed by atoms with Gasteiger partial charge in [-0.1, -0.05) is 11.6 Å². The normalized spacial score (nSPS) is 9.82. The summed E-state index contributed by atoms with van der Waals surface area (Å²) in [6, 6.07) is 2.69. The zero-order valence-corrected chi connectivity index (χ0v) is 11.0. The predicted molar refractivity (Wildman–Crippen MR) is 66.3 cm³/mol. The first-order valence-corrected chi connectivity index (χ1v) is 5.57. The highest BCUT2D eigenvalue weighted by Gasteiger charge is 2.18. The standard InChI is InChI=1S/C9H8BrClN2O4/c1-17-8(14)4-12-9-6(10)2-5(11)3-7(9)13(15)16/h2-3,12H,4H2,1H3. The Bertz CT molecular complexity index is 467. The maximum absolute atomic E-state index is 10.9. The molecule has 0 bridgehead atoms. The maximum Gasteiger partial charge on any atom is 0.325 e. The third-order valence-corrected chi connectivity index (χ3v) is 2.71. The van der Waals surface area contributed by atoms with Crippen molar-refractivity contribution in [1.29, 1.82) is 0 Å². The van der Waals surface area contributed by atoms with Crippen LogP contribution in [-0.4, -0.2) is 24.5 Å². The van der Waals surface area contributed by atoms with E-state index in [0.717, 1.165) is 0 Å². The molecule has 0 unspecified atom stereocenters. The zero-order chi connectivity index (χ0) is 13.0. The van der Waals surface area contributed by atoms with Gasteiger partial charge in [0.1, 0.15) is 12.2 Å². The minimum atomic E-state index is -0.587. The summed E-state index contributed by atoms with van der Waals surface area (Å²) in [6.07, 6.45) is 0. The highest BCUT2D eigenvalue weighted by molar-refractivity contribution is 9.10. The van der Waals surface area contributed by atoms with Crippen molar-refractivity contribution < 1.29 is 14.5 Å². The van der Waals surface area contributed by atoms with Crippen molar-refractivity contribution in [2.75, 3.05) is 19.0 Å². The molecule has 8 heteroatoms. The van der Waals surface area contributed by atoms with Crippen LogP contribution in [0.25, 0.3) is 0 Å². The number of nitrogens with zero attached hydrogens (tertiary/aromatic N) is 1. The minimum Gasteiger partial charge on any atom is -0.468 e. The summed E-state index contributed by atoms with van der Waals surface area (Å²) in [6.45, 7) is -0.169. The van der Waals surface area contributed by atoms with Crippen LogP contribution in [0.5, 0.6) is 0 Å². The lowest BCUT2D eigenvalue weighted by atomic mass is 10.2. The van der Waals surface area contributed by atoms with Gasteiger partial charge in [-0.15, -0.1) is 0 Å². The molecule has 0 atom stereocenters. The second-order valence-corrected chi connectivity index (χ2v) is 4.26. The van der Waals surface area contributed by atoms with E-state index in [9.17, 15) is 14.9 Å². The summed E-state index contributed by atoms with van der Waals surface area (Å²) >= 11 is 8.84. The average Bonchev–Trinajstić information content (AvgIpc) is 2.26. The lowest BCUT2D eigenvalue weighted by Gasteiger charge is -2.08. The molecule has 6 nitrogen and oxygen atoms in total. The first-order valence-electron chi connectivity index (χ1n) is 4.40. The quantitative estimate of drug-likeness (QED) is 0.523. The summed E-state index contributed by atoms with van der Waals surface area (Å²) < 4.78 is 4.83. The Morgan fingerprint density at radius 1 is 1.65 bits per heavy atom. The van der Waals surface area contributed by atoms with Crippen molar-refractivity contribution in [2.24, 2.45) is 0 Å². The van der Waals surface area contributed by atoms with Gasteiger partial charge in [0, 0.05) is 15.6 Å². The molecule has 0 amide bonds.